The van der Waals surface area contributed by atoms with Gasteiger partial charge in [0.15, 0.2) is 0 Å². The van der Waals surface area contributed by atoms with E-state index < -0.39 is 0 Å². The molecule has 0 spiro atoms. The van der Waals surface area contributed by atoms with Gasteiger partial charge < -0.3 is 15.8 Å². The third-order valence-electron chi connectivity index (χ3n) is 2.06. The highest BCUT2D eigenvalue weighted by Crippen LogP contribution is 2.15. The lowest BCUT2D eigenvalue weighted by molar-refractivity contribution is -0.115. The smallest absolute Gasteiger partial charge is 0.225 e. The van der Waals surface area contributed by atoms with E-state index in [2.05, 4.69) is 5.32 Å². The topological polar surface area (TPSA) is 64.3 Å². The van der Waals surface area contributed by atoms with Gasteiger partial charge in [-0.3, -0.25) is 4.79 Å². The molecule has 0 radical (unpaired) electrons. The second-order valence-corrected chi connectivity index (χ2v) is 4.44. The monoisotopic (exact) mass is 254 g/mol. The summed E-state index contributed by atoms with van der Waals surface area (Å²) in [6, 6.07) is 7.28. The van der Waals surface area contributed by atoms with Crippen LogP contribution in [-0.2, 0) is 4.79 Å². The molecule has 0 aliphatic carbocycles. The Morgan fingerprint density at radius 3 is 2.71 bits per heavy atom. The van der Waals surface area contributed by atoms with E-state index >= 15 is 0 Å². The maximum atomic E-state index is 11.5. The molecule has 5 heteroatoms. The lowest BCUT2D eigenvalue weighted by Gasteiger charge is -2.07. The van der Waals surface area contributed by atoms with E-state index in [-0.39, 0.29) is 5.91 Å². The first-order valence-corrected chi connectivity index (χ1v) is 6.87. The average Bonchev–Trinajstić information content (AvgIpc) is 2.35. The normalized spacial score (nSPS) is 10.0. The predicted octanol–water partition coefficient (Wildman–Crippen LogP) is 1.72. The van der Waals surface area contributed by atoms with Crippen molar-refractivity contribution >= 4 is 23.4 Å². The molecule has 0 bridgehead atoms. The van der Waals surface area contributed by atoms with E-state index in [9.17, 15) is 4.79 Å². The van der Waals surface area contributed by atoms with Gasteiger partial charge in [-0.1, -0.05) is 0 Å². The third-order valence-corrected chi connectivity index (χ3v) is 2.67. The number of nitrogens with one attached hydrogen (secondary N) is 1. The zero-order valence-electron chi connectivity index (χ0n) is 9.94. The zero-order chi connectivity index (χ0) is 12.5. The summed E-state index contributed by atoms with van der Waals surface area (Å²) in [7, 11) is 0. The largest absolute Gasteiger partial charge is 0.492 e. The molecule has 0 aliphatic rings. The molecule has 1 amide bonds. The van der Waals surface area contributed by atoms with Crippen LogP contribution in [0.1, 0.15) is 6.42 Å². The SMILES string of the molecule is CSCCC(=O)Nc1ccc(OCCN)cc1. The fourth-order valence-electron chi connectivity index (χ4n) is 1.23. The number of rotatable bonds is 7. The minimum Gasteiger partial charge on any atom is -0.492 e. The van der Waals surface area contributed by atoms with Crippen LogP contribution in [0.4, 0.5) is 5.69 Å². The number of carbonyl (C=O) groups excluding carboxylic acids is 1. The molecule has 1 aromatic rings. The summed E-state index contributed by atoms with van der Waals surface area (Å²) < 4.78 is 5.34. The molecule has 17 heavy (non-hydrogen) atoms. The molecule has 3 N–H and O–H groups in total. The first kappa shape index (κ1) is 13.9. The molecule has 0 saturated heterocycles. The Balaban J connectivity index is 2.42. The molecule has 0 unspecified atom stereocenters. The molecule has 94 valence electrons. The first-order valence-electron chi connectivity index (χ1n) is 5.48. The Hall–Kier alpha value is -1.20. The van der Waals surface area contributed by atoms with Crippen molar-refractivity contribution in [1.29, 1.82) is 0 Å². The number of amides is 1. The van der Waals surface area contributed by atoms with Crippen LogP contribution in [0.15, 0.2) is 24.3 Å². The van der Waals surface area contributed by atoms with Crippen LogP contribution < -0.4 is 15.8 Å². The lowest BCUT2D eigenvalue weighted by atomic mass is 10.3. The van der Waals surface area contributed by atoms with E-state index in [1.807, 2.05) is 30.5 Å². The van der Waals surface area contributed by atoms with Crippen molar-refractivity contribution in [1.82, 2.24) is 0 Å². The van der Waals surface area contributed by atoms with Crippen LogP contribution in [-0.4, -0.2) is 31.1 Å². The van der Waals surface area contributed by atoms with Crippen molar-refractivity contribution < 1.29 is 9.53 Å². The van der Waals surface area contributed by atoms with Gasteiger partial charge in [-0.15, -0.1) is 0 Å². The van der Waals surface area contributed by atoms with E-state index in [1.165, 1.54) is 0 Å². The summed E-state index contributed by atoms with van der Waals surface area (Å²) in [4.78, 5) is 11.5. The highest BCUT2D eigenvalue weighted by atomic mass is 32.2. The van der Waals surface area contributed by atoms with Gasteiger partial charge in [0.1, 0.15) is 12.4 Å². The van der Waals surface area contributed by atoms with Crippen LogP contribution in [0.2, 0.25) is 0 Å². The Bertz CT molecular complexity index is 341. The van der Waals surface area contributed by atoms with Crippen LogP contribution in [0.5, 0.6) is 5.75 Å². The van der Waals surface area contributed by atoms with Crippen LogP contribution in [0.3, 0.4) is 0 Å². The summed E-state index contributed by atoms with van der Waals surface area (Å²) in [6.45, 7) is 0.993. The number of carbonyl (C=O) groups is 1. The number of nitrogens with two attached hydrogens (primary N) is 1. The van der Waals surface area contributed by atoms with Gasteiger partial charge >= 0.3 is 0 Å². The van der Waals surface area contributed by atoms with Gasteiger partial charge in [0.2, 0.25) is 5.91 Å². The van der Waals surface area contributed by atoms with Crippen molar-refractivity contribution in [3.05, 3.63) is 24.3 Å². The molecule has 0 saturated carbocycles. The quantitative estimate of drug-likeness (QED) is 0.777. The standard InChI is InChI=1S/C12H18N2O2S/c1-17-9-6-12(15)14-10-2-4-11(5-3-10)16-8-7-13/h2-5H,6-9,13H2,1H3,(H,14,15). The minimum atomic E-state index is 0.0370. The van der Waals surface area contributed by atoms with Crippen molar-refractivity contribution in [3.63, 3.8) is 0 Å². The predicted molar refractivity (Wildman–Crippen MR) is 72.6 cm³/mol. The summed E-state index contributed by atoms with van der Waals surface area (Å²) in [5.74, 6) is 1.64. The molecule has 4 nitrogen and oxygen atoms in total. The third kappa shape index (κ3) is 5.60. The van der Waals surface area contributed by atoms with Crippen molar-refractivity contribution in [3.8, 4) is 5.75 Å². The Labute approximate surface area is 106 Å². The minimum absolute atomic E-state index is 0.0370. The number of hydrogen-bond acceptors (Lipinski definition) is 4. The molecule has 0 heterocycles. The van der Waals surface area contributed by atoms with E-state index in [0.717, 1.165) is 17.2 Å². The van der Waals surface area contributed by atoms with Crippen molar-refractivity contribution in [2.45, 2.75) is 6.42 Å². The zero-order valence-corrected chi connectivity index (χ0v) is 10.8. The maximum absolute atomic E-state index is 11.5. The van der Waals surface area contributed by atoms with E-state index in [1.54, 1.807) is 11.8 Å². The van der Waals surface area contributed by atoms with Crippen LogP contribution in [0.25, 0.3) is 0 Å². The summed E-state index contributed by atoms with van der Waals surface area (Å²) in [5, 5.41) is 2.83. The van der Waals surface area contributed by atoms with Gasteiger partial charge in [-0.25, -0.2) is 0 Å². The van der Waals surface area contributed by atoms with Gasteiger partial charge in [0.05, 0.1) is 0 Å². The molecule has 0 aliphatic heterocycles. The maximum Gasteiger partial charge on any atom is 0.225 e. The first-order chi connectivity index (χ1) is 8.26. The molecule has 0 fully saturated rings. The molecule has 1 rings (SSSR count). The van der Waals surface area contributed by atoms with Crippen molar-refractivity contribution in [2.75, 3.05) is 30.5 Å². The van der Waals surface area contributed by atoms with Crippen LogP contribution in [0, 0.1) is 0 Å². The summed E-state index contributed by atoms with van der Waals surface area (Å²) >= 11 is 1.66. The second-order valence-electron chi connectivity index (χ2n) is 3.45. The number of hydrogen-bond donors (Lipinski definition) is 2. The second kappa shape index (κ2) is 7.97. The van der Waals surface area contributed by atoms with Crippen molar-refractivity contribution in [2.24, 2.45) is 5.73 Å². The van der Waals surface area contributed by atoms with Gasteiger partial charge in [-0.2, -0.15) is 11.8 Å². The highest BCUT2D eigenvalue weighted by Gasteiger charge is 2.01. The number of anilines is 1. The Morgan fingerprint density at radius 1 is 1.41 bits per heavy atom. The average molecular weight is 254 g/mol. The molecular weight excluding hydrogens is 236 g/mol. The van der Waals surface area contributed by atoms with E-state index in [0.29, 0.717) is 19.6 Å². The Morgan fingerprint density at radius 2 is 2.12 bits per heavy atom. The lowest BCUT2D eigenvalue weighted by Crippen LogP contribution is -2.12. The number of thioether (sulfide) groups is 1. The molecule has 0 atom stereocenters. The molecular formula is C12H18N2O2S. The van der Waals surface area contributed by atoms with Crippen LogP contribution >= 0.6 is 11.8 Å². The summed E-state index contributed by atoms with van der Waals surface area (Å²) in [5.41, 5.74) is 6.12. The van der Waals surface area contributed by atoms with E-state index in [4.69, 9.17) is 10.5 Å². The molecule has 0 aromatic heterocycles. The fraction of sp³-hybridized carbons (Fsp3) is 0.417. The van der Waals surface area contributed by atoms with Gasteiger partial charge in [0, 0.05) is 24.4 Å². The Kier molecular flexibility index (Phi) is 6.50. The number of benzene rings is 1. The van der Waals surface area contributed by atoms with Gasteiger partial charge in [0.25, 0.3) is 0 Å². The molecule has 1 aromatic carbocycles. The number of ether oxygens (including phenoxy) is 1. The highest BCUT2D eigenvalue weighted by molar-refractivity contribution is 7.98. The summed E-state index contributed by atoms with van der Waals surface area (Å²) in [6.07, 6.45) is 2.52. The fourth-order valence-corrected chi connectivity index (χ4v) is 1.62. The van der Waals surface area contributed by atoms with Gasteiger partial charge in [-0.05, 0) is 30.5 Å².